The van der Waals surface area contributed by atoms with Crippen LogP contribution in [-0.4, -0.2) is 63.3 Å². The number of aromatic nitrogens is 1. The molecular weight excluding hydrogens is 950 g/mol. The zero-order valence-corrected chi connectivity index (χ0v) is 38.7. The topological polar surface area (TPSA) is 154 Å². The van der Waals surface area contributed by atoms with Gasteiger partial charge < -0.3 is 14.4 Å². The average molecular weight is 989 g/mol. The van der Waals surface area contributed by atoms with E-state index in [1.807, 2.05) is 35.7 Å². The van der Waals surface area contributed by atoms with Gasteiger partial charge in [0.1, 0.15) is 18.6 Å². The first-order valence-corrected chi connectivity index (χ1v) is 25.3. The summed E-state index contributed by atoms with van der Waals surface area (Å²) in [7, 11) is -4.94. The summed E-state index contributed by atoms with van der Waals surface area (Å²) < 4.78 is 70.9. The summed E-state index contributed by atoms with van der Waals surface area (Å²) in [6.07, 6.45) is 2.16. The molecule has 0 unspecified atom stereocenters. The van der Waals surface area contributed by atoms with E-state index in [4.69, 9.17) is 0 Å². The number of hydrogen-bond acceptors (Lipinski definition) is 10. The molecule has 0 radical (unpaired) electrons. The summed E-state index contributed by atoms with van der Waals surface area (Å²) in [4.78, 5) is 33.5. The van der Waals surface area contributed by atoms with Crippen molar-refractivity contribution in [1.29, 1.82) is 0 Å². The maximum Gasteiger partial charge on any atom is 0.337 e. The molecule has 1 N–H and O–H groups in total. The molecule has 0 spiro atoms. The van der Waals surface area contributed by atoms with Gasteiger partial charge in [0.2, 0.25) is 0 Å². The number of sulfone groups is 2. The third kappa shape index (κ3) is 10.3. The number of aldehydes is 1. The minimum Gasteiger partial charge on any atom is -0.480 e. The number of hydrogen-bond donors (Lipinski definition) is 1. The highest BCUT2D eigenvalue weighted by Crippen LogP contribution is 2.32. The molecule has 2 aliphatic heterocycles. The fourth-order valence-corrected chi connectivity index (χ4v) is 12.8. The monoisotopic (exact) mass is 987 g/mol. The number of halogens is 2. The molecule has 324 valence electrons. The maximum atomic E-state index is 13.8. The predicted molar refractivity (Wildman–Crippen MR) is 250 cm³/mol. The Hall–Kier alpha value is -5.52. The van der Waals surface area contributed by atoms with Gasteiger partial charge in [-0.1, -0.05) is 52.3 Å². The number of ether oxygens (including phenoxy) is 1. The van der Waals surface area contributed by atoms with Gasteiger partial charge in [-0.05, 0) is 137 Å². The molecule has 0 atom stereocenters. The fourth-order valence-electron chi connectivity index (χ4n) is 7.47. The van der Waals surface area contributed by atoms with E-state index < -0.39 is 31.5 Å². The van der Waals surface area contributed by atoms with Gasteiger partial charge in [0.25, 0.3) is 0 Å². The second kappa shape index (κ2) is 19.1. The van der Waals surface area contributed by atoms with Gasteiger partial charge in [-0.15, -0.1) is 22.7 Å². The minimum atomic E-state index is -3.23. The van der Waals surface area contributed by atoms with Crippen LogP contribution in [0.25, 0.3) is 31.1 Å². The van der Waals surface area contributed by atoms with Gasteiger partial charge in [-0.3, -0.25) is 9.59 Å². The minimum absolute atomic E-state index is 0.133. The van der Waals surface area contributed by atoms with Crippen molar-refractivity contribution in [2.75, 3.05) is 18.6 Å². The lowest BCUT2D eigenvalue weighted by molar-refractivity contribution is -0.137. The van der Waals surface area contributed by atoms with Crippen molar-refractivity contribution in [2.45, 2.75) is 42.5 Å². The number of rotatable bonds is 6. The number of carbonyl (C=O) groups excluding carboxylic acids is 2. The lowest BCUT2D eigenvalue weighted by Gasteiger charge is -2.07. The second-order valence-corrected chi connectivity index (χ2v) is 21.7. The Balaban J connectivity index is 0.000000138. The van der Waals surface area contributed by atoms with Crippen molar-refractivity contribution >= 4 is 108 Å². The Morgan fingerprint density at radius 2 is 1.41 bits per heavy atom. The molecule has 0 fully saturated rings. The number of fused-ring (bicyclic) bond motifs is 5. The molecule has 0 aliphatic carbocycles. The number of carboxylic acid groups (broad SMARTS) is 1. The number of methoxy groups -OCH3 is 1. The van der Waals surface area contributed by atoms with Gasteiger partial charge in [0.05, 0.1) is 34.0 Å². The Kier molecular flexibility index (Phi) is 13.8. The number of esters is 1. The zero-order chi connectivity index (χ0) is 45.1. The summed E-state index contributed by atoms with van der Waals surface area (Å²) >= 11 is 6.82. The molecule has 5 aromatic carbocycles. The van der Waals surface area contributed by atoms with E-state index >= 15 is 0 Å². The second-order valence-electron chi connectivity index (χ2n) is 14.7. The van der Waals surface area contributed by atoms with E-state index in [1.165, 1.54) is 35.4 Å². The molecule has 5 heterocycles. The van der Waals surface area contributed by atoms with Gasteiger partial charge in [0, 0.05) is 36.0 Å². The Bertz CT molecular complexity index is 3280. The highest BCUT2D eigenvalue weighted by molar-refractivity contribution is 9.10. The van der Waals surface area contributed by atoms with Crippen LogP contribution in [-0.2, 0) is 55.0 Å². The quantitative estimate of drug-likeness (QED) is 0.127. The molecule has 3 aromatic heterocycles. The van der Waals surface area contributed by atoms with Crippen molar-refractivity contribution < 1.29 is 45.5 Å². The van der Waals surface area contributed by atoms with Crippen LogP contribution in [0, 0.1) is 12.7 Å². The molecule has 2 aliphatic rings. The van der Waals surface area contributed by atoms with Crippen LogP contribution in [0.15, 0.2) is 128 Å². The third-order valence-electron chi connectivity index (χ3n) is 10.7. The number of benzene rings is 5. The van der Waals surface area contributed by atoms with Crippen molar-refractivity contribution in [3.05, 3.63) is 163 Å². The number of aliphatic carboxylic acids is 1. The predicted octanol–water partition coefficient (Wildman–Crippen LogP) is 10.3. The molecule has 8 aromatic rings. The lowest BCUT2D eigenvalue weighted by Crippen LogP contribution is -2.10. The van der Waals surface area contributed by atoms with Gasteiger partial charge in [-0.2, -0.15) is 0 Å². The molecule has 10 nitrogen and oxygen atoms in total. The fraction of sp³-hybridized carbons (Fsp3) is 0.170. The van der Waals surface area contributed by atoms with Crippen molar-refractivity contribution in [3.8, 4) is 0 Å². The lowest BCUT2D eigenvalue weighted by atomic mass is 10.0. The van der Waals surface area contributed by atoms with E-state index in [2.05, 4.69) is 50.3 Å². The Labute approximate surface area is 379 Å². The van der Waals surface area contributed by atoms with Gasteiger partial charge in [0.15, 0.2) is 19.7 Å². The first kappa shape index (κ1) is 45.5. The third-order valence-corrected chi connectivity index (χ3v) is 16.5. The molecule has 10 rings (SSSR count). The smallest absolute Gasteiger partial charge is 0.337 e. The van der Waals surface area contributed by atoms with Crippen LogP contribution >= 0.6 is 38.6 Å². The van der Waals surface area contributed by atoms with Crippen molar-refractivity contribution in [3.63, 3.8) is 0 Å². The van der Waals surface area contributed by atoms with Crippen molar-refractivity contribution in [2.24, 2.45) is 0 Å². The van der Waals surface area contributed by atoms with E-state index in [-0.39, 0.29) is 24.0 Å². The number of aryl methyl sites for hydroxylation is 2. The molecule has 16 heteroatoms. The van der Waals surface area contributed by atoms with Crippen LogP contribution in [0.4, 0.5) is 4.39 Å². The normalized spacial score (nSPS) is 14.0. The van der Waals surface area contributed by atoms with Crippen LogP contribution in [0.2, 0.25) is 0 Å². The average Bonchev–Trinajstić information content (AvgIpc) is 4.10. The zero-order valence-electron chi connectivity index (χ0n) is 33.8. The summed E-state index contributed by atoms with van der Waals surface area (Å²) in [5.41, 5.74) is 5.69. The van der Waals surface area contributed by atoms with Crippen molar-refractivity contribution in [1.82, 2.24) is 4.57 Å². The summed E-state index contributed by atoms with van der Waals surface area (Å²) in [6.45, 7) is 1.59. The first-order valence-electron chi connectivity index (χ1n) is 19.4. The molecule has 0 amide bonds. The van der Waals surface area contributed by atoms with E-state index in [1.54, 1.807) is 64.5 Å². The van der Waals surface area contributed by atoms with E-state index in [0.717, 1.165) is 42.5 Å². The maximum absolute atomic E-state index is 13.8. The SMILES string of the molecule is Brc1ccc2ccsc2c1.COC(=O)c1ccc2ccsc2c1.Cc1c(Cc2ccc3c(c2)S(=O)(=O)CC3)c2cc(F)ccc2n1CC(=O)O.O=Cc1ccc2c(c1)S(=O)(=O)CC2. The highest BCUT2D eigenvalue weighted by Gasteiger charge is 2.27. The molecular formula is C47H39BrFNO9S4. The molecule has 63 heavy (non-hydrogen) atoms. The number of thiophene rings is 2. The summed E-state index contributed by atoms with van der Waals surface area (Å²) in [5, 5.41) is 16.5. The Morgan fingerprint density at radius 3 is 2.05 bits per heavy atom. The summed E-state index contributed by atoms with van der Waals surface area (Å²) in [5.74, 6) is -1.35. The first-order chi connectivity index (χ1) is 30.1. The largest absolute Gasteiger partial charge is 0.480 e. The standard InChI is InChI=1S/C20H18FNO4S.C10H8O2S.C9H8O3S.C8H5BrS/c1-12-16(8-13-2-3-14-6-7-27(25,26)19(14)9-13)17-10-15(21)4-5-18(17)22(12)11-20(23)24;1-12-10(11)8-3-2-7-4-5-13-9(7)6-8;10-6-7-1-2-8-3-4-13(11,12)9(8)5-7;9-7-2-1-6-3-4-10-8(6)5-7/h2-5,9-10H,6-8,11H2,1H3,(H,23,24);2-6H,1H3;1-2,5-6H,3-4H2;1-5H. The van der Waals surface area contributed by atoms with E-state index in [0.29, 0.717) is 57.4 Å². The Morgan fingerprint density at radius 1 is 0.794 bits per heavy atom. The van der Waals surface area contributed by atoms with Crippen LogP contribution in [0.3, 0.4) is 0 Å². The number of nitrogens with zero attached hydrogens (tertiary/aromatic N) is 1. The van der Waals surface area contributed by atoms with Gasteiger partial charge >= 0.3 is 11.9 Å². The molecule has 0 bridgehead atoms. The molecule has 0 saturated carbocycles. The van der Waals surface area contributed by atoms with Crippen LogP contribution < -0.4 is 0 Å². The van der Waals surface area contributed by atoms with Crippen LogP contribution in [0.5, 0.6) is 0 Å². The molecule has 0 saturated heterocycles. The number of carbonyl (C=O) groups is 3. The van der Waals surface area contributed by atoms with Gasteiger partial charge in [-0.25, -0.2) is 26.0 Å². The number of carboxylic acids is 1. The highest BCUT2D eigenvalue weighted by atomic mass is 79.9. The van der Waals surface area contributed by atoms with Crippen LogP contribution in [0.1, 0.15) is 48.7 Å². The summed E-state index contributed by atoms with van der Waals surface area (Å²) in [6, 6.07) is 30.6. The van der Waals surface area contributed by atoms with E-state index in [9.17, 15) is 40.7 Å².